The molecule has 1 atom stereocenters. The molecule has 8 heteroatoms. The van der Waals surface area contributed by atoms with Crippen LogP contribution in [0.2, 0.25) is 5.02 Å². The third-order valence-electron chi connectivity index (χ3n) is 3.34. The van der Waals surface area contributed by atoms with E-state index in [1.807, 2.05) is 6.92 Å². The Morgan fingerprint density at radius 2 is 2.14 bits per heavy atom. The van der Waals surface area contributed by atoms with Crippen LogP contribution in [0, 0.1) is 5.92 Å². The number of benzene rings is 1. The Kier molecular flexibility index (Phi) is 4.97. The van der Waals surface area contributed by atoms with E-state index in [9.17, 15) is 13.2 Å². The molecule has 1 aromatic carbocycles. The van der Waals surface area contributed by atoms with Gasteiger partial charge in [-0.3, -0.25) is 4.79 Å². The van der Waals surface area contributed by atoms with Crippen molar-refractivity contribution in [3.8, 4) is 0 Å². The van der Waals surface area contributed by atoms with Crippen molar-refractivity contribution >= 4 is 43.5 Å². The van der Waals surface area contributed by atoms with Gasteiger partial charge in [-0.25, -0.2) is 13.6 Å². The van der Waals surface area contributed by atoms with Crippen LogP contribution in [-0.4, -0.2) is 20.4 Å². The molecule has 0 heterocycles. The highest BCUT2D eigenvalue weighted by Crippen LogP contribution is 2.34. The molecular formula is C13H16BrClN2O3S. The lowest BCUT2D eigenvalue weighted by molar-refractivity contribution is 0.0937. The standard InChI is InChI=1S/C13H16BrClN2O3S/c1-7(4-8-2-3-8)17-13(18)10-5-9(21(16,19)20)6-11(14)12(10)15/h5-8H,2-4H2,1H3,(H,17,18)(H2,16,19,20). The van der Waals surface area contributed by atoms with Crippen molar-refractivity contribution in [3.63, 3.8) is 0 Å². The van der Waals surface area contributed by atoms with Gasteiger partial charge in [0.25, 0.3) is 5.91 Å². The van der Waals surface area contributed by atoms with Crippen LogP contribution < -0.4 is 10.5 Å². The number of nitrogens with two attached hydrogens (primary N) is 1. The normalized spacial score (nSPS) is 16.6. The van der Waals surface area contributed by atoms with E-state index in [4.69, 9.17) is 16.7 Å². The van der Waals surface area contributed by atoms with Crippen molar-refractivity contribution in [1.29, 1.82) is 0 Å². The van der Waals surface area contributed by atoms with Gasteiger partial charge in [-0.15, -0.1) is 0 Å². The fraction of sp³-hybridized carbons (Fsp3) is 0.462. The van der Waals surface area contributed by atoms with Crippen molar-refractivity contribution < 1.29 is 13.2 Å². The summed E-state index contributed by atoms with van der Waals surface area (Å²) < 4.78 is 23.2. The molecule has 0 spiro atoms. The predicted molar refractivity (Wildman–Crippen MR) is 84.8 cm³/mol. The van der Waals surface area contributed by atoms with Crippen LogP contribution in [0.25, 0.3) is 0 Å². The minimum absolute atomic E-state index is 0.0120. The van der Waals surface area contributed by atoms with E-state index >= 15 is 0 Å². The number of hydrogen-bond donors (Lipinski definition) is 2. The molecule has 0 aliphatic heterocycles. The summed E-state index contributed by atoms with van der Waals surface area (Å²) in [5, 5.41) is 8.10. The summed E-state index contributed by atoms with van der Waals surface area (Å²) in [7, 11) is -3.90. The first-order chi connectivity index (χ1) is 9.68. The Bertz CT molecular complexity index is 674. The number of sulfonamides is 1. The summed E-state index contributed by atoms with van der Waals surface area (Å²) in [5.41, 5.74) is 0.0951. The largest absolute Gasteiger partial charge is 0.350 e. The number of hydrogen-bond acceptors (Lipinski definition) is 3. The zero-order valence-corrected chi connectivity index (χ0v) is 14.6. The van der Waals surface area contributed by atoms with Crippen LogP contribution in [0.4, 0.5) is 0 Å². The van der Waals surface area contributed by atoms with Crippen LogP contribution in [0.5, 0.6) is 0 Å². The smallest absolute Gasteiger partial charge is 0.253 e. The first-order valence-corrected chi connectivity index (χ1v) is 9.23. The van der Waals surface area contributed by atoms with Gasteiger partial charge in [0.15, 0.2) is 0 Å². The molecule has 0 aromatic heterocycles. The van der Waals surface area contributed by atoms with E-state index in [-0.39, 0.29) is 21.5 Å². The van der Waals surface area contributed by atoms with Crippen LogP contribution in [-0.2, 0) is 10.0 Å². The lowest BCUT2D eigenvalue weighted by Gasteiger charge is -2.15. The van der Waals surface area contributed by atoms with E-state index in [0.29, 0.717) is 10.4 Å². The van der Waals surface area contributed by atoms with Crippen LogP contribution >= 0.6 is 27.5 Å². The predicted octanol–water partition coefficient (Wildman–Crippen LogP) is 2.67. The fourth-order valence-electron chi connectivity index (χ4n) is 2.11. The van der Waals surface area contributed by atoms with Crippen molar-refractivity contribution in [1.82, 2.24) is 5.32 Å². The van der Waals surface area contributed by atoms with Gasteiger partial charge >= 0.3 is 0 Å². The molecule has 1 aliphatic carbocycles. The monoisotopic (exact) mass is 394 g/mol. The quantitative estimate of drug-likeness (QED) is 0.803. The molecular weight excluding hydrogens is 380 g/mol. The third kappa shape index (κ3) is 4.42. The van der Waals surface area contributed by atoms with E-state index in [2.05, 4.69) is 21.2 Å². The van der Waals surface area contributed by atoms with Crippen molar-refractivity contribution in [2.75, 3.05) is 0 Å². The average Bonchev–Trinajstić information content (AvgIpc) is 3.14. The number of rotatable bonds is 5. The molecule has 1 fully saturated rings. The summed E-state index contributed by atoms with van der Waals surface area (Å²) in [6.07, 6.45) is 3.32. The summed E-state index contributed by atoms with van der Waals surface area (Å²) in [5.74, 6) is 0.276. The highest BCUT2D eigenvalue weighted by Gasteiger charge is 2.25. The Labute approximate surface area is 137 Å². The zero-order valence-electron chi connectivity index (χ0n) is 11.4. The van der Waals surface area contributed by atoms with E-state index < -0.39 is 15.9 Å². The molecule has 5 nitrogen and oxygen atoms in total. The number of nitrogens with one attached hydrogen (secondary N) is 1. The van der Waals surface area contributed by atoms with Gasteiger partial charge in [0.2, 0.25) is 10.0 Å². The maximum absolute atomic E-state index is 12.3. The molecule has 21 heavy (non-hydrogen) atoms. The molecule has 2 rings (SSSR count). The zero-order chi connectivity index (χ0) is 15.8. The van der Waals surface area contributed by atoms with Gasteiger partial charge in [0.05, 0.1) is 15.5 Å². The average molecular weight is 396 g/mol. The SMILES string of the molecule is CC(CC1CC1)NC(=O)c1cc(S(N)(=O)=O)cc(Br)c1Cl. The fourth-order valence-corrected chi connectivity index (χ4v) is 3.48. The number of carbonyl (C=O) groups is 1. The summed E-state index contributed by atoms with van der Waals surface area (Å²) in [6, 6.07) is 2.49. The second-order valence-corrected chi connectivity index (χ2v) is 8.16. The van der Waals surface area contributed by atoms with E-state index in [1.165, 1.54) is 25.0 Å². The first-order valence-electron chi connectivity index (χ1n) is 6.51. The molecule has 116 valence electrons. The van der Waals surface area contributed by atoms with Crippen LogP contribution in [0.15, 0.2) is 21.5 Å². The molecule has 3 N–H and O–H groups in total. The van der Waals surface area contributed by atoms with Gasteiger partial charge in [-0.2, -0.15) is 0 Å². The minimum Gasteiger partial charge on any atom is -0.350 e. The number of amides is 1. The molecule has 0 radical (unpaired) electrons. The molecule has 1 saturated carbocycles. The van der Waals surface area contributed by atoms with Gasteiger partial charge in [-0.1, -0.05) is 24.4 Å². The Morgan fingerprint density at radius 3 is 2.67 bits per heavy atom. The van der Waals surface area contributed by atoms with Crippen LogP contribution in [0.1, 0.15) is 36.5 Å². The van der Waals surface area contributed by atoms with Gasteiger partial charge in [0, 0.05) is 10.5 Å². The first kappa shape index (κ1) is 16.7. The molecule has 1 amide bonds. The molecule has 1 aromatic rings. The van der Waals surface area contributed by atoms with Crippen molar-refractivity contribution in [2.24, 2.45) is 11.1 Å². The topological polar surface area (TPSA) is 89.3 Å². The van der Waals surface area contributed by atoms with Crippen molar-refractivity contribution in [3.05, 3.63) is 27.2 Å². The highest BCUT2D eigenvalue weighted by molar-refractivity contribution is 9.10. The summed E-state index contributed by atoms with van der Waals surface area (Å²) in [4.78, 5) is 12.1. The maximum atomic E-state index is 12.3. The van der Waals surface area contributed by atoms with E-state index in [0.717, 1.165) is 6.42 Å². The number of halogens is 2. The maximum Gasteiger partial charge on any atom is 0.253 e. The minimum atomic E-state index is -3.90. The number of carbonyl (C=O) groups excluding carboxylic acids is 1. The Balaban J connectivity index is 2.24. The molecule has 1 aliphatic rings. The molecule has 0 saturated heterocycles. The Hall–Kier alpha value is -0.630. The Morgan fingerprint density at radius 1 is 1.52 bits per heavy atom. The lowest BCUT2D eigenvalue weighted by Crippen LogP contribution is -2.33. The van der Waals surface area contributed by atoms with Gasteiger partial charge < -0.3 is 5.32 Å². The van der Waals surface area contributed by atoms with Crippen LogP contribution in [0.3, 0.4) is 0 Å². The number of primary sulfonamides is 1. The lowest BCUT2D eigenvalue weighted by atomic mass is 10.1. The summed E-state index contributed by atoms with van der Waals surface area (Å²) >= 11 is 9.21. The second kappa shape index (κ2) is 6.24. The van der Waals surface area contributed by atoms with Gasteiger partial charge in [0.1, 0.15) is 0 Å². The highest BCUT2D eigenvalue weighted by atomic mass is 79.9. The van der Waals surface area contributed by atoms with Crippen molar-refractivity contribution in [2.45, 2.75) is 37.1 Å². The second-order valence-electron chi connectivity index (χ2n) is 5.37. The van der Waals surface area contributed by atoms with E-state index in [1.54, 1.807) is 0 Å². The third-order valence-corrected chi connectivity index (χ3v) is 5.49. The van der Waals surface area contributed by atoms with Gasteiger partial charge in [-0.05, 0) is 47.3 Å². The molecule has 0 bridgehead atoms. The summed E-state index contributed by atoms with van der Waals surface area (Å²) in [6.45, 7) is 1.92. The molecule has 1 unspecified atom stereocenters.